The van der Waals surface area contributed by atoms with Crippen LogP contribution in [0.3, 0.4) is 0 Å². The summed E-state index contributed by atoms with van der Waals surface area (Å²) in [7, 11) is 0. The lowest BCUT2D eigenvalue weighted by Gasteiger charge is -2.20. The number of imidazole rings is 1. The van der Waals surface area contributed by atoms with Crippen molar-refractivity contribution in [1.29, 1.82) is 0 Å². The van der Waals surface area contributed by atoms with Gasteiger partial charge in [0.2, 0.25) is 0 Å². The molecule has 2 aromatic rings. The number of nitrogens with two attached hydrogens (primary N) is 1. The molecule has 2 heterocycles. The molecule has 0 saturated heterocycles. The SMILES string of the molecule is CC1CCC(Nc2nc(NN)cn3ccnc23)C1C. The third-order valence-electron chi connectivity index (χ3n) is 4.31. The molecule has 3 unspecified atom stereocenters. The lowest BCUT2D eigenvalue weighted by molar-refractivity contribution is 0.435. The van der Waals surface area contributed by atoms with E-state index < -0.39 is 0 Å². The van der Waals surface area contributed by atoms with Crippen LogP contribution < -0.4 is 16.6 Å². The molecular formula is C13H20N6. The Bertz CT molecular complexity index is 578. The Labute approximate surface area is 112 Å². The van der Waals surface area contributed by atoms with E-state index in [9.17, 15) is 0 Å². The van der Waals surface area contributed by atoms with E-state index in [1.54, 1.807) is 6.20 Å². The highest BCUT2D eigenvalue weighted by atomic mass is 15.3. The molecule has 4 N–H and O–H groups in total. The molecule has 0 aliphatic heterocycles. The van der Waals surface area contributed by atoms with Gasteiger partial charge in [-0.05, 0) is 24.7 Å². The predicted molar refractivity (Wildman–Crippen MR) is 75.8 cm³/mol. The number of hydrogen-bond donors (Lipinski definition) is 3. The molecule has 0 radical (unpaired) electrons. The maximum atomic E-state index is 5.46. The highest BCUT2D eigenvalue weighted by Gasteiger charge is 2.30. The van der Waals surface area contributed by atoms with Crippen molar-refractivity contribution in [3.05, 3.63) is 18.6 Å². The second kappa shape index (κ2) is 4.70. The number of nitrogens with zero attached hydrogens (tertiary/aromatic N) is 3. The van der Waals surface area contributed by atoms with Crippen molar-refractivity contribution >= 4 is 17.3 Å². The first-order valence-electron chi connectivity index (χ1n) is 6.76. The fourth-order valence-electron chi connectivity index (χ4n) is 2.84. The van der Waals surface area contributed by atoms with Gasteiger partial charge in [0.05, 0.1) is 6.20 Å². The van der Waals surface area contributed by atoms with Crippen LogP contribution in [0.25, 0.3) is 5.65 Å². The summed E-state index contributed by atoms with van der Waals surface area (Å²) in [5, 5.41) is 3.53. The van der Waals surface area contributed by atoms with Gasteiger partial charge in [0.15, 0.2) is 17.3 Å². The van der Waals surface area contributed by atoms with Crippen molar-refractivity contribution in [2.75, 3.05) is 10.7 Å². The zero-order chi connectivity index (χ0) is 13.4. The fourth-order valence-corrected chi connectivity index (χ4v) is 2.84. The summed E-state index contributed by atoms with van der Waals surface area (Å²) in [6, 6.07) is 0.455. The van der Waals surface area contributed by atoms with Crippen molar-refractivity contribution in [2.24, 2.45) is 17.7 Å². The maximum absolute atomic E-state index is 5.46. The van der Waals surface area contributed by atoms with Crippen LogP contribution >= 0.6 is 0 Å². The summed E-state index contributed by atoms with van der Waals surface area (Å²) in [4.78, 5) is 8.83. The Morgan fingerprint density at radius 3 is 2.89 bits per heavy atom. The van der Waals surface area contributed by atoms with Crippen LogP contribution in [0.5, 0.6) is 0 Å². The minimum atomic E-state index is 0.455. The van der Waals surface area contributed by atoms with E-state index in [2.05, 4.69) is 34.6 Å². The first-order chi connectivity index (χ1) is 9.19. The number of nitrogens with one attached hydrogen (secondary N) is 2. The van der Waals surface area contributed by atoms with E-state index in [1.807, 2.05) is 16.8 Å². The fraction of sp³-hybridized carbons (Fsp3) is 0.538. The van der Waals surface area contributed by atoms with Gasteiger partial charge in [-0.15, -0.1) is 0 Å². The molecule has 2 aromatic heterocycles. The molecule has 1 aliphatic carbocycles. The van der Waals surface area contributed by atoms with Gasteiger partial charge in [0, 0.05) is 18.4 Å². The Morgan fingerprint density at radius 1 is 1.37 bits per heavy atom. The monoisotopic (exact) mass is 260 g/mol. The summed E-state index contributed by atoms with van der Waals surface area (Å²) in [6.45, 7) is 4.60. The molecule has 0 spiro atoms. The largest absolute Gasteiger partial charge is 0.364 e. The Kier molecular flexibility index (Phi) is 3.02. The van der Waals surface area contributed by atoms with E-state index in [0.717, 1.165) is 17.4 Å². The van der Waals surface area contributed by atoms with E-state index >= 15 is 0 Å². The highest BCUT2D eigenvalue weighted by Crippen LogP contribution is 2.33. The molecule has 0 aromatic carbocycles. The smallest absolute Gasteiger partial charge is 0.180 e. The van der Waals surface area contributed by atoms with Crippen LogP contribution in [0, 0.1) is 11.8 Å². The number of hydrazine groups is 1. The molecule has 102 valence electrons. The average Bonchev–Trinajstić information content (AvgIpc) is 3.00. The lowest BCUT2D eigenvalue weighted by Crippen LogP contribution is -2.25. The van der Waals surface area contributed by atoms with E-state index in [-0.39, 0.29) is 0 Å². The summed E-state index contributed by atoms with van der Waals surface area (Å²) >= 11 is 0. The van der Waals surface area contributed by atoms with Crippen LogP contribution in [0.1, 0.15) is 26.7 Å². The van der Waals surface area contributed by atoms with Crippen LogP contribution in [0.15, 0.2) is 18.6 Å². The second-order valence-corrected chi connectivity index (χ2v) is 5.44. The summed E-state index contributed by atoms with van der Waals surface area (Å²) in [6.07, 6.45) is 7.93. The Hall–Kier alpha value is -1.82. The molecule has 0 bridgehead atoms. The minimum Gasteiger partial charge on any atom is -0.364 e. The quantitative estimate of drug-likeness (QED) is 0.580. The van der Waals surface area contributed by atoms with Crippen molar-refractivity contribution < 1.29 is 0 Å². The average molecular weight is 260 g/mol. The third kappa shape index (κ3) is 2.12. The third-order valence-corrected chi connectivity index (χ3v) is 4.31. The molecule has 19 heavy (non-hydrogen) atoms. The molecule has 1 saturated carbocycles. The number of fused-ring (bicyclic) bond motifs is 1. The minimum absolute atomic E-state index is 0.455. The van der Waals surface area contributed by atoms with E-state index in [0.29, 0.717) is 17.8 Å². The summed E-state index contributed by atoms with van der Waals surface area (Å²) in [5.74, 6) is 8.29. The molecule has 0 amide bonds. The predicted octanol–water partition coefficient (Wildman–Crippen LogP) is 1.86. The zero-order valence-corrected chi connectivity index (χ0v) is 11.3. The Balaban J connectivity index is 1.93. The van der Waals surface area contributed by atoms with Crippen molar-refractivity contribution in [3.8, 4) is 0 Å². The Morgan fingerprint density at radius 2 is 2.21 bits per heavy atom. The molecule has 3 rings (SSSR count). The van der Waals surface area contributed by atoms with Gasteiger partial charge in [-0.25, -0.2) is 15.8 Å². The van der Waals surface area contributed by atoms with E-state index in [1.165, 1.54) is 12.8 Å². The van der Waals surface area contributed by atoms with Gasteiger partial charge in [-0.1, -0.05) is 13.8 Å². The van der Waals surface area contributed by atoms with Crippen molar-refractivity contribution in [3.63, 3.8) is 0 Å². The lowest BCUT2D eigenvalue weighted by atomic mass is 9.98. The van der Waals surface area contributed by atoms with Gasteiger partial charge >= 0.3 is 0 Å². The van der Waals surface area contributed by atoms with Gasteiger partial charge in [-0.2, -0.15) is 0 Å². The number of hydrogen-bond acceptors (Lipinski definition) is 5. The normalized spacial score (nSPS) is 26.8. The number of rotatable bonds is 3. The molecule has 3 atom stereocenters. The standard InChI is InChI=1S/C13H20N6/c1-8-3-4-10(9(8)2)16-12-13-15-5-6-19(13)7-11(17-12)18-14/h5-10,18H,3-4,14H2,1-2H3,(H,16,17). The van der Waals surface area contributed by atoms with Gasteiger partial charge in [0.25, 0.3) is 0 Å². The topological polar surface area (TPSA) is 80.3 Å². The number of nitrogen functional groups attached to an aromatic ring is 1. The second-order valence-electron chi connectivity index (χ2n) is 5.44. The first kappa shape index (κ1) is 12.2. The number of aromatic nitrogens is 3. The van der Waals surface area contributed by atoms with Crippen LogP contribution in [0.2, 0.25) is 0 Å². The molecule has 6 nitrogen and oxygen atoms in total. The first-order valence-corrected chi connectivity index (χ1v) is 6.76. The van der Waals surface area contributed by atoms with Crippen LogP contribution in [-0.4, -0.2) is 20.4 Å². The molecule has 1 aliphatic rings. The van der Waals surface area contributed by atoms with Gasteiger partial charge < -0.3 is 15.1 Å². The molecule has 1 fully saturated rings. The van der Waals surface area contributed by atoms with Gasteiger partial charge in [0.1, 0.15) is 0 Å². The van der Waals surface area contributed by atoms with Crippen molar-refractivity contribution in [2.45, 2.75) is 32.7 Å². The van der Waals surface area contributed by atoms with Crippen molar-refractivity contribution in [1.82, 2.24) is 14.4 Å². The van der Waals surface area contributed by atoms with E-state index in [4.69, 9.17) is 5.84 Å². The molecular weight excluding hydrogens is 240 g/mol. The summed E-state index contributed by atoms with van der Waals surface area (Å²) < 4.78 is 1.92. The van der Waals surface area contributed by atoms with Gasteiger partial charge in [-0.3, -0.25) is 0 Å². The molecule has 6 heteroatoms. The summed E-state index contributed by atoms with van der Waals surface area (Å²) in [5.41, 5.74) is 3.43. The zero-order valence-electron chi connectivity index (χ0n) is 11.3. The van der Waals surface area contributed by atoms with Crippen LogP contribution in [-0.2, 0) is 0 Å². The number of anilines is 2. The highest BCUT2D eigenvalue weighted by molar-refractivity contribution is 5.65. The maximum Gasteiger partial charge on any atom is 0.180 e. The van der Waals surface area contributed by atoms with Crippen LogP contribution in [0.4, 0.5) is 11.6 Å².